The van der Waals surface area contributed by atoms with Crippen molar-refractivity contribution in [1.29, 1.82) is 0 Å². The number of benzene rings is 1. The number of carbonyl (C=O) groups is 2. The van der Waals surface area contributed by atoms with Crippen LogP contribution in [0.4, 0.5) is 25.2 Å². The summed E-state index contributed by atoms with van der Waals surface area (Å²) in [6, 6.07) is 6.50. The van der Waals surface area contributed by atoms with Crippen LogP contribution in [-0.4, -0.2) is 59.5 Å². The molecular weight excluding hydrogens is 425 g/mol. The van der Waals surface area contributed by atoms with Gasteiger partial charge in [-0.3, -0.25) is 4.79 Å². The number of hydrogen-bond acceptors (Lipinski definition) is 5. The van der Waals surface area contributed by atoms with Crippen LogP contribution in [0.25, 0.3) is 0 Å². The van der Waals surface area contributed by atoms with Crippen LogP contribution in [0.1, 0.15) is 20.7 Å². The number of halogens is 6. The predicted molar refractivity (Wildman–Crippen MR) is 91.8 cm³/mol. The third kappa shape index (κ3) is 14.4. The van der Waals surface area contributed by atoms with E-state index in [9.17, 15) is 34.8 Å². The zero-order valence-corrected chi connectivity index (χ0v) is 15.8. The van der Waals surface area contributed by atoms with Gasteiger partial charge in [0.2, 0.25) is 5.78 Å². The first-order valence-corrected chi connectivity index (χ1v) is 11.0. The molecule has 0 amide bonds. The van der Waals surface area contributed by atoms with E-state index < -0.39 is 13.8 Å². The van der Waals surface area contributed by atoms with Gasteiger partial charge in [0.15, 0.2) is 5.75 Å². The summed E-state index contributed by atoms with van der Waals surface area (Å²) in [7, 11) is -9.77. The maximum absolute atomic E-state index is 12.3. The monoisotopic (exact) mass is 444 g/mol. The molecule has 13 heteroatoms. The quantitative estimate of drug-likeness (QED) is 0.210. The molecule has 0 bridgehead atoms. The fourth-order valence-electron chi connectivity index (χ4n) is 1.78. The molecule has 0 aliphatic carbocycles. The molecule has 0 heterocycles. The van der Waals surface area contributed by atoms with E-state index in [0.717, 1.165) is 0 Å². The Hall–Kier alpha value is -1.36. The summed E-state index contributed by atoms with van der Waals surface area (Å²) in [5.74, 6) is 0.462. The van der Waals surface area contributed by atoms with Crippen molar-refractivity contribution in [2.75, 3.05) is 37.6 Å². The summed E-state index contributed by atoms with van der Waals surface area (Å²) in [5, 5.41) is 17.9. The summed E-state index contributed by atoms with van der Waals surface area (Å²) in [6.45, 7) is -0.0376. The molecule has 0 aromatic heterocycles. The Kier molecular flexibility index (Phi) is 8.76. The minimum absolute atomic E-state index is 0.0188. The number of methoxy groups -OCH3 is 1. The van der Waals surface area contributed by atoms with E-state index in [1.165, 1.54) is 7.11 Å². The van der Waals surface area contributed by atoms with Crippen molar-refractivity contribution in [3.8, 4) is 0 Å². The van der Waals surface area contributed by atoms with Crippen LogP contribution in [-0.2, 0) is 15.6 Å². The summed E-state index contributed by atoms with van der Waals surface area (Å²) >= 11 is 0. The van der Waals surface area contributed by atoms with E-state index in [1.54, 1.807) is 24.3 Å². The number of ether oxygens (including phenoxy) is 1. The Balaban J connectivity index is 0.000000821. The Labute approximate surface area is 153 Å². The number of esters is 1. The Morgan fingerprint density at radius 3 is 1.74 bits per heavy atom. The van der Waals surface area contributed by atoms with Crippen molar-refractivity contribution in [3.05, 3.63) is 35.4 Å². The Morgan fingerprint density at radius 1 is 0.963 bits per heavy atom. The van der Waals surface area contributed by atoms with Gasteiger partial charge in [0.1, 0.15) is 11.5 Å². The van der Waals surface area contributed by atoms with E-state index in [0.29, 0.717) is 17.1 Å². The molecule has 0 saturated carbocycles. The van der Waals surface area contributed by atoms with Gasteiger partial charge < -0.3 is 14.9 Å². The standard InChI is InChI=1S/C14H19O5S.F6P/c1-19-14(18)12-5-3-2-4-11(12)13(17)10-20(8-6-15)9-7-16;1-7(2,3,4,5)6/h2-5,15-16H,6-10H2,1H3;/q+1;-1. The van der Waals surface area contributed by atoms with Gasteiger partial charge in [-0.25, -0.2) is 4.79 Å². The summed E-state index contributed by atoms with van der Waals surface area (Å²) < 4.78 is 63.9. The molecule has 27 heavy (non-hydrogen) atoms. The minimum atomic E-state index is -10.7. The van der Waals surface area contributed by atoms with Gasteiger partial charge in [-0.1, -0.05) is 18.2 Å². The molecule has 5 nitrogen and oxygen atoms in total. The zero-order chi connectivity index (χ0) is 21.4. The number of aliphatic hydroxyl groups excluding tert-OH is 2. The van der Waals surface area contributed by atoms with E-state index in [-0.39, 0.29) is 41.2 Å². The zero-order valence-electron chi connectivity index (χ0n) is 14.1. The number of ketones is 1. The van der Waals surface area contributed by atoms with Crippen LogP contribution in [0.5, 0.6) is 0 Å². The topological polar surface area (TPSA) is 83.8 Å². The van der Waals surface area contributed by atoms with Crippen LogP contribution in [0.2, 0.25) is 0 Å². The van der Waals surface area contributed by atoms with Crippen molar-refractivity contribution < 1.29 is 49.7 Å². The number of rotatable bonds is 8. The third-order valence-electron chi connectivity index (χ3n) is 2.73. The van der Waals surface area contributed by atoms with Crippen molar-refractivity contribution in [3.63, 3.8) is 0 Å². The molecule has 0 atom stereocenters. The normalized spacial score (nSPS) is 13.9. The van der Waals surface area contributed by atoms with Crippen molar-refractivity contribution >= 4 is 30.5 Å². The average molecular weight is 444 g/mol. The van der Waals surface area contributed by atoms with Crippen LogP contribution in [0.15, 0.2) is 24.3 Å². The molecule has 0 fully saturated rings. The molecule has 0 aliphatic rings. The van der Waals surface area contributed by atoms with Gasteiger partial charge in [0.05, 0.1) is 25.9 Å². The van der Waals surface area contributed by atoms with E-state index >= 15 is 0 Å². The van der Waals surface area contributed by atoms with E-state index in [2.05, 4.69) is 4.74 Å². The Morgan fingerprint density at radius 2 is 1.37 bits per heavy atom. The summed E-state index contributed by atoms with van der Waals surface area (Å²) in [5.41, 5.74) is 0.573. The molecule has 0 saturated heterocycles. The molecule has 0 aliphatic heterocycles. The molecule has 0 unspecified atom stereocenters. The molecule has 0 radical (unpaired) electrons. The van der Waals surface area contributed by atoms with Crippen molar-refractivity contribution in [2.45, 2.75) is 0 Å². The Bertz CT molecular complexity index is 635. The van der Waals surface area contributed by atoms with Gasteiger partial charge in [-0.2, -0.15) is 0 Å². The van der Waals surface area contributed by atoms with E-state index in [1.807, 2.05) is 0 Å². The summed E-state index contributed by atoms with van der Waals surface area (Å²) in [6.07, 6.45) is 0. The van der Waals surface area contributed by atoms with Crippen molar-refractivity contribution in [2.24, 2.45) is 0 Å². The fourth-order valence-corrected chi connectivity index (χ4v) is 3.32. The first-order chi connectivity index (χ1) is 12.1. The predicted octanol–water partition coefficient (Wildman–Crippen LogP) is 3.64. The van der Waals surface area contributed by atoms with Gasteiger partial charge in [-0.15, -0.1) is 0 Å². The molecule has 1 aromatic rings. The number of hydrogen-bond donors (Lipinski definition) is 2. The summed E-state index contributed by atoms with van der Waals surface area (Å²) in [4.78, 5) is 23.9. The molecule has 0 spiro atoms. The number of aliphatic hydroxyl groups is 2. The first-order valence-electron chi connectivity index (χ1n) is 7.21. The van der Waals surface area contributed by atoms with Gasteiger partial charge >= 0.3 is 39.0 Å². The van der Waals surface area contributed by atoms with Crippen LogP contribution in [0.3, 0.4) is 0 Å². The van der Waals surface area contributed by atoms with Gasteiger partial charge in [0.25, 0.3) is 0 Å². The maximum atomic E-state index is 12.3. The van der Waals surface area contributed by atoms with Gasteiger partial charge in [-0.05, 0) is 6.07 Å². The SMILES string of the molecule is COC(=O)c1ccccc1C(=O)C[S+](CCO)CCO.F[P-](F)(F)(F)(F)F. The number of carbonyl (C=O) groups excluding carboxylic acids is 2. The van der Waals surface area contributed by atoms with Crippen molar-refractivity contribution in [1.82, 2.24) is 0 Å². The molecule has 158 valence electrons. The first kappa shape index (κ1) is 25.6. The molecule has 2 N–H and O–H groups in total. The average Bonchev–Trinajstić information content (AvgIpc) is 2.51. The second kappa shape index (κ2) is 9.22. The molecule has 1 aromatic carbocycles. The molecular formula is C14H19F6O5PS. The van der Waals surface area contributed by atoms with Crippen LogP contribution >= 0.6 is 7.81 Å². The number of Topliss-reactive ketones (excluding diaryl/α,β-unsaturated/α-hetero) is 1. The van der Waals surface area contributed by atoms with Crippen LogP contribution < -0.4 is 0 Å². The van der Waals surface area contributed by atoms with Crippen LogP contribution in [0, 0.1) is 0 Å². The second-order valence-corrected chi connectivity index (χ2v) is 9.28. The third-order valence-corrected chi connectivity index (χ3v) is 4.92. The van der Waals surface area contributed by atoms with E-state index in [4.69, 9.17) is 10.2 Å². The fraction of sp³-hybridized carbons (Fsp3) is 0.429. The molecule has 1 rings (SSSR count). The second-order valence-electron chi connectivity index (χ2n) is 5.03. The van der Waals surface area contributed by atoms with Gasteiger partial charge in [0, 0.05) is 16.5 Å².